The van der Waals surface area contributed by atoms with E-state index in [1.165, 1.54) is 12.3 Å². The van der Waals surface area contributed by atoms with Crippen LogP contribution in [0.5, 0.6) is 0 Å². The summed E-state index contributed by atoms with van der Waals surface area (Å²) < 4.78 is 16.6. The molecule has 2 fully saturated rings. The standard InChI is InChI=1S/C28H22FN3O4.CH4/c29-24-12-16(6-9-19(24)21-13-22(21)28(35)36)15-3-1-4-18(11-15)32-14-23(27(34)31-17-7-8-17)25(33)20-5-2-10-30-26(20)32;/h1-6,9-12,14,17,21-22H,7-8,13H2,(H,31,34)(H,35,36);1H4/t21-,22+;/m0./s1. The molecule has 188 valence electrons. The van der Waals surface area contributed by atoms with Crippen LogP contribution >= 0.6 is 0 Å². The van der Waals surface area contributed by atoms with Crippen molar-refractivity contribution in [3.8, 4) is 16.8 Å². The first-order valence-corrected chi connectivity index (χ1v) is 11.8. The number of carbonyl (C=O) groups excluding carboxylic acids is 1. The van der Waals surface area contributed by atoms with Crippen molar-refractivity contribution in [3.63, 3.8) is 0 Å². The molecule has 2 aliphatic rings. The van der Waals surface area contributed by atoms with Gasteiger partial charge in [0.25, 0.3) is 5.91 Å². The number of hydrogen-bond donors (Lipinski definition) is 2. The lowest BCUT2D eigenvalue weighted by atomic mass is 10.0. The van der Waals surface area contributed by atoms with E-state index in [4.69, 9.17) is 5.11 Å². The molecule has 1 amide bonds. The van der Waals surface area contributed by atoms with Crippen molar-refractivity contribution in [1.29, 1.82) is 0 Å². The van der Waals surface area contributed by atoms with Gasteiger partial charge >= 0.3 is 5.97 Å². The van der Waals surface area contributed by atoms with Gasteiger partial charge in [-0.05, 0) is 66.3 Å². The van der Waals surface area contributed by atoms with Crippen molar-refractivity contribution in [3.05, 3.63) is 94.2 Å². The van der Waals surface area contributed by atoms with Crippen LogP contribution in [0.15, 0.2) is 71.8 Å². The molecule has 0 unspecified atom stereocenters. The second-order valence-electron chi connectivity index (χ2n) is 9.44. The number of aromatic nitrogens is 2. The van der Waals surface area contributed by atoms with E-state index in [2.05, 4.69) is 10.3 Å². The molecule has 7 nitrogen and oxygen atoms in total. The Morgan fingerprint density at radius 2 is 1.84 bits per heavy atom. The molecule has 0 radical (unpaired) electrons. The second kappa shape index (κ2) is 9.28. The quantitative estimate of drug-likeness (QED) is 0.393. The Kier molecular flexibility index (Phi) is 6.11. The number of hydrogen-bond acceptors (Lipinski definition) is 4. The van der Waals surface area contributed by atoms with E-state index in [1.807, 2.05) is 24.3 Å². The molecule has 2 aromatic carbocycles. The van der Waals surface area contributed by atoms with E-state index >= 15 is 0 Å². The van der Waals surface area contributed by atoms with E-state index in [-0.39, 0.29) is 30.4 Å². The van der Waals surface area contributed by atoms with Crippen molar-refractivity contribution in [1.82, 2.24) is 14.9 Å². The number of carboxylic acids is 1. The van der Waals surface area contributed by atoms with Gasteiger partial charge in [0.05, 0.1) is 11.3 Å². The molecule has 2 heterocycles. The van der Waals surface area contributed by atoms with E-state index in [0.717, 1.165) is 18.4 Å². The van der Waals surface area contributed by atoms with Crippen molar-refractivity contribution in [2.45, 2.75) is 38.6 Å². The topological polar surface area (TPSA) is 101 Å². The summed E-state index contributed by atoms with van der Waals surface area (Å²) in [6.45, 7) is 0. The average Bonchev–Trinajstić information content (AvgIpc) is 3.80. The summed E-state index contributed by atoms with van der Waals surface area (Å²) in [6.07, 6.45) is 5.36. The zero-order chi connectivity index (χ0) is 25.0. The predicted octanol–water partition coefficient (Wildman–Crippen LogP) is 4.91. The predicted molar refractivity (Wildman–Crippen MR) is 138 cm³/mol. The van der Waals surface area contributed by atoms with Gasteiger partial charge in [-0.15, -0.1) is 0 Å². The lowest BCUT2D eigenvalue weighted by Gasteiger charge is -2.14. The first kappa shape index (κ1) is 24.4. The number of halogens is 1. The summed E-state index contributed by atoms with van der Waals surface area (Å²) >= 11 is 0. The number of amides is 1. The third kappa shape index (κ3) is 4.50. The van der Waals surface area contributed by atoms with Gasteiger partial charge < -0.3 is 15.0 Å². The molecule has 0 aliphatic heterocycles. The normalized spacial score (nSPS) is 18.2. The molecule has 2 N–H and O–H groups in total. The molecule has 2 saturated carbocycles. The van der Waals surface area contributed by atoms with Crippen LogP contribution in [0.1, 0.15) is 48.5 Å². The van der Waals surface area contributed by atoms with Gasteiger partial charge in [-0.3, -0.25) is 14.4 Å². The van der Waals surface area contributed by atoms with Gasteiger partial charge in [-0.25, -0.2) is 9.37 Å². The molecule has 6 rings (SSSR count). The van der Waals surface area contributed by atoms with Crippen LogP contribution in [-0.4, -0.2) is 32.6 Å². The van der Waals surface area contributed by atoms with E-state index in [1.54, 1.807) is 35.0 Å². The smallest absolute Gasteiger partial charge is 0.307 e. The van der Waals surface area contributed by atoms with Crippen LogP contribution < -0.4 is 10.7 Å². The van der Waals surface area contributed by atoms with Crippen LogP contribution in [0.4, 0.5) is 4.39 Å². The monoisotopic (exact) mass is 499 g/mol. The first-order chi connectivity index (χ1) is 17.4. The van der Waals surface area contributed by atoms with Crippen molar-refractivity contribution >= 4 is 22.9 Å². The highest BCUT2D eigenvalue weighted by Crippen LogP contribution is 2.48. The van der Waals surface area contributed by atoms with Gasteiger partial charge in [0.15, 0.2) is 0 Å². The lowest BCUT2D eigenvalue weighted by molar-refractivity contribution is -0.138. The van der Waals surface area contributed by atoms with E-state index < -0.39 is 23.6 Å². The summed E-state index contributed by atoms with van der Waals surface area (Å²) in [5.41, 5.74) is 2.53. The van der Waals surface area contributed by atoms with Gasteiger partial charge in [0.2, 0.25) is 5.43 Å². The minimum absolute atomic E-state index is 0. The molecule has 37 heavy (non-hydrogen) atoms. The zero-order valence-electron chi connectivity index (χ0n) is 19.1. The number of rotatable bonds is 6. The number of aliphatic carboxylic acids is 1. The number of carbonyl (C=O) groups is 2. The molecule has 8 heteroatoms. The minimum Gasteiger partial charge on any atom is -0.481 e. The minimum atomic E-state index is -0.900. The van der Waals surface area contributed by atoms with Crippen LogP contribution in [-0.2, 0) is 4.79 Å². The Labute approximate surface area is 212 Å². The Morgan fingerprint density at radius 3 is 2.54 bits per heavy atom. The highest BCUT2D eigenvalue weighted by atomic mass is 19.1. The maximum Gasteiger partial charge on any atom is 0.307 e. The highest BCUT2D eigenvalue weighted by Gasteiger charge is 2.45. The molecule has 0 saturated heterocycles. The summed E-state index contributed by atoms with van der Waals surface area (Å²) in [5, 5.41) is 12.4. The third-order valence-corrected chi connectivity index (χ3v) is 6.88. The van der Waals surface area contributed by atoms with Gasteiger partial charge in [-0.2, -0.15) is 0 Å². The van der Waals surface area contributed by atoms with Gasteiger partial charge in [-0.1, -0.05) is 31.7 Å². The molecule has 0 bridgehead atoms. The summed E-state index contributed by atoms with van der Waals surface area (Å²) in [5.74, 6) is -2.55. The summed E-state index contributed by atoms with van der Waals surface area (Å²) in [6, 6.07) is 15.6. The number of carboxylic acid groups (broad SMARTS) is 1. The number of nitrogens with one attached hydrogen (secondary N) is 1. The van der Waals surface area contributed by atoms with Gasteiger partial charge in [0.1, 0.15) is 17.0 Å². The molecular formula is C29H26FN3O4. The van der Waals surface area contributed by atoms with Crippen LogP contribution in [0.2, 0.25) is 0 Å². The molecule has 2 aliphatic carbocycles. The van der Waals surface area contributed by atoms with Gasteiger partial charge in [0, 0.05) is 30.0 Å². The Balaban J connectivity index is 0.00000280. The zero-order valence-corrected chi connectivity index (χ0v) is 19.1. The maximum absolute atomic E-state index is 14.9. The molecule has 0 spiro atoms. The summed E-state index contributed by atoms with van der Waals surface area (Å²) in [4.78, 5) is 41.4. The highest BCUT2D eigenvalue weighted by molar-refractivity contribution is 5.97. The maximum atomic E-state index is 14.9. The molecule has 2 atom stereocenters. The number of benzene rings is 2. The fraction of sp³-hybridized carbons (Fsp3) is 0.241. The number of pyridine rings is 2. The summed E-state index contributed by atoms with van der Waals surface area (Å²) in [7, 11) is 0. The largest absolute Gasteiger partial charge is 0.481 e. The molecule has 4 aromatic rings. The van der Waals surface area contributed by atoms with Crippen LogP contribution in [0.25, 0.3) is 27.8 Å². The van der Waals surface area contributed by atoms with Crippen LogP contribution in [0.3, 0.4) is 0 Å². The van der Waals surface area contributed by atoms with E-state index in [9.17, 15) is 18.8 Å². The second-order valence-corrected chi connectivity index (χ2v) is 9.44. The molecular weight excluding hydrogens is 473 g/mol. The van der Waals surface area contributed by atoms with Crippen molar-refractivity contribution in [2.75, 3.05) is 0 Å². The first-order valence-electron chi connectivity index (χ1n) is 11.8. The molecule has 2 aromatic heterocycles. The van der Waals surface area contributed by atoms with Crippen molar-refractivity contribution in [2.24, 2.45) is 5.92 Å². The van der Waals surface area contributed by atoms with Crippen LogP contribution in [0, 0.1) is 11.7 Å². The van der Waals surface area contributed by atoms with E-state index in [0.29, 0.717) is 34.3 Å². The Morgan fingerprint density at radius 1 is 1.05 bits per heavy atom. The Bertz CT molecular complexity index is 1610. The number of fused-ring (bicyclic) bond motifs is 1. The SMILES string of the molecule is C.O=C(NC1CC1)c1cn(-c2cccc(-c3ccc([C@@H]4C[C@H]4C(=O)O)c(F)c3)c2)c2ncccc2c1=O. The fourth-order valence-electron chi connectivity index (χ4n) is 4.66. The number of nitrogens with zero attached hydrogens (tertiary/aromatic N) is 2. The fourth-order valence-corrected chi connectivity index (χ4v) is 4.66. The van der Waals surface area contributed by atoms with Crippen molar-refractivity contribution < 1.29 is 19.1 Å². The average molecular weight is 500 g/mol. The lowest BCUT2D eigenvalue weighted by Crippen LogP contribution is -2.31. The Hall–Kier alpha value is -4.33. The third-order valence-electron chi connectivity index (χ3n) is 6.88.